The first-order valence-corrected chi connectivity index (χ1v) is 21.7. The second-order valence-corrected chi connectivity index (χ2v) is 15.1. The molecule has 1 fully saturated rings. The maximum absolute atomic E-state index is 14.8. The Bertz CT molecular complexity index is 1620. The summed E-state index contributed by atoms with van der Waals surface area (Å²) < 4.78 is 48.7. The van der Waals surface area contributed by atoms with Crippen molar-refractivity contribution in [3.8, 4) is 12.3 Å². The van der Waals surface area contributed by atoms with E-state index in [-0.39, 0.29) is 49.6 Å². The summed E-state index contributed by atoms with van der Waals surface area (Å²) in [6.07, 6.45) is 24.1. The molecule has 16 heteroatoms. The van der Waals surface area contributed by atoms with Crippen LogP contribution in [0, 0.1) is 18.4 Å². The van der Waals surface area contributed by atoms with Gasteiger partial charge in [-0.25, -0.2) is 14.6 Å². The third-order valence-corrected chi connectivity index (χ3v) is 10.4. The SMILES string of the molecule is C#CC(COC(=O)OCCCCCCCCCCCC)(OC)[C@H](Cn1cnc2c(NC(=O)[C@H]3CCC(=O)O3)nc(F)nc21)OC(=O)OCCCCCCCCCCCC. The molecule has 1 aliphatic heterocycles. The van der Waals surface area contributed by atoms with Gasteiger partial charge in [0.25, 0.3) is 5.91 Å². The second kappa shape index (κ2) is 28.0. The van der Waals surface area contributed by atoms with Gasteiger partial charge >= 0.3 is 24.4 Å². The minimum absolute atomic E-state index is 0.0121. The van der Waals surface area contributed by atoms with Crippen LogP contribution in [0.3, 0.4) is 0 Å². The normalized spacial score (nSPS) is 15.2. The number of anilines is 1. The number of amides is 1. The highest BCUT2D eigenvalue weighted by Crippen LogP contribution is 2.26. The summed E-state index contributed by atoms with van der Waals surface area (Å²) in [6.45, 7) is 3.76. The van der Waals surface area contributed by atoms with Crippen LogP contribution in [0.5, 0.6) is 0 Å². The minimum Gasteiger partial charge on any atom is -0.452 e. The van der Waals surface area contributed by atoms with Crippen molar-refractivity contribution >= 4 is 41.2 Å². The molecule has 0 aromatic carbocycles. The number of cyclic esters (lactones) is 1. The van der Waals surface area contributed by atoms with Crippen molar-refractivity contribution in [2.75, 3.05) is 32.2 Å². The van der Waals surface area contributed by atoms with Crippen LogP contribution in [0.25, 0.3) is 11.2 Å². The molecule has 2 aromatic rings. The Labute approximate surface area is 348 Å². The molecular weight excluding hydrogens is 765 g/mol. The lowest BCUT2D eigenvalue weighted by Gasteiger charge is -2.33. The van der Waals surface area contributed by atoms with Crippen LogP contribution in [0.4, 0.5) is 19.8 Å². The molecule has 1 N–H and O–H groups in total. The maximum atomic E-state index is 14.8. The molecular formula is C43H66FN5O10. The van der Waals surface area contributed by atoms with Crippen LogP contribution in [0.2, 0.25) is 0 Å². The Hall–Kier alpha value is -4.52. The topological polar surface area (TPSA) is 179 Å². The monoisotopic (exact) mass is 831 g/mol. The quantitative estimate of drug-likeness (QED) is 0.0250. The molecule has 1 aliphatic rings. The summed E-state index contributed by atoms with van der Waals surface area (Å²) >= 11 is 0. The summed E-state index contributed by atoms with van der Waals surface area (Å²) in [6, 6.07) is 0. The van der Waals surface area contributed by atoms with Crippen molar-refractivity contribution in [3.63, 3.8) is 0 Å². The number of nitrogens with one attached hydrogen (secondary N) is 1. The highest BCUT2D eigenvalue weighted by molar-refractivity contribution is 6.00. The fraction of sp³-hybridized carbons (Fsp3) is 0.744. The number of unbranched alkanes of at least 4 members (excludes halogenated alkanes) is 18. The van der Waals surface area contributed by atoms with Gasteiger partial charge < -0.3 is 38.3 Å². The summed E-state index contributed by atoms with van der Waals surface area (Å²) in [5.41, 5.74) is -1.98. The van der Waals surface area contributed by atoms with Crippen molar-refractivity contribution in [1.82, 2.24) is 19.5 Å². The van der Waals surface area contributed by atoms with Gasteiger partial charge in [-0.15, -0.1) is 6.42 Å². The minimum atomic E-state index is -1.88. The number of esters is 1. The molecule has 1 unspecified atom stereocenters. The van der Waals surface area contributed by atoms with Gasteiger partial charge in [0.05, 0.1) is 26.1 Å². The van der Waals surface area contributed by atoms with E-state index < -0.39 is 54.7 Å². The summed E-state index contributed by atoms with van der Waals surface area (Å²) in [4.78, 5) is 62.0. The number of fused-ring (bicyclic) bond motifs is 1. The standard InChI is InChI=1S/C43H66FN5O10/c1-5-8-10-12-14-16-18-20-22-24-28-55-41(52)57-31-43(7-3,54-4)34(59-42(53)56-29-25-23-21-19-17-15-13-11-9-6-2)30-49-32-45-36-37(47-40(44)48-38(36)49)46-39(51)33-26-27-35(50)58-33/h3,32-34H,5-6,8-31H2,1-2,4H3,(H,46,47,48,51)/t33-,34+,43?/m1/s1. The average molecular weight is 832 g/mol. The first kappa shape index (κ1) is 48.8. The fourth-order valence-corrected chi connectivity index (χ4v) is 6.83. The first-order valence-electron chi connectivity index (χ1n) is 21.7. The highest BCUT2D eigenvalue weighted by Gasteiger charge is 2.43. The predicted molar refractivity (Wildman–Crippen MR) is 219 cm³/mol. The van der Waals surface area contributed by atoms with E-state index in [0.29, 0.717) is 12.8 Å². The fourth-order valence-electron chi connectivity index (χ4n) is 6.83. The number of nitrogens with zero attached hydrogens (tertiary/aromatic N) is 4. The lowest BCUT2D eigenvalue weighted by molar-refractivity contribution is -0.146. The van der Waals surface area contributed by atoms with Crippen molar-refractivity contribution in [2.24, 2.45) is 0 Å². The molecule has 330 valence electrons. The molecule has 2 aromatic heterocycles. The van der Waals surface area contributed by atoms with Crippen LogP contribution >= 0.6 is 0 Å². The Morgan fingerprint density at radius 2 is 1.41 bits per heavy atom. The van der Waals surface area contributed by atoms with Crippen LogP contribution in [0.15, 0.2) is 6.33 Å². The number of imidazole rings is 1. The molecule has 59 heavy (non-hydrogen) atoms. The van der Waals surface area contributed by atoms with Gasteiger partial charge in [0, 0.05) is 20.0 Å². The molecule has 0 saturated carbocycles. The van der Waals surface area contributed by atoms with Crippen LogP contribution < -0.4 is 5.32 Å². The van der Waals surface area contributed by atoms with Crippen molar-refractivity contribution in [3.05, 3.63) is 12.4 Å². The molecule has 0 spiro atoms. The molecule has 0 aliphatic carbocycles. The van der Waals surface area contributed by atoms with E-state index in [2.05, 4.69) is 40.0 Å². The summed E-state index contributed by atoms with van der Waals surface area (Å²) in [5.74, 6) is 0.965. The zero-order chi connectivity index (χ0) is 42.7. The highest BCUT2D eigenvalue weighted by atomic mass is 19.1. The zero-order valence-electron chi connectivity index (χ0n) is 35.4. The summed E-state index contributed by atoms with van der Waals surface area (Å²) in [7, 11) is 1.27. The number of ether oxygens (including phenoxy) is 6. The number of hydrogen-bond donors (Lipinski definition) is 1. The van der Waals surface area contributed by atoms with E-state index in [1.54, 1.807) is 0 Å². The van der Waals surface area contributed by atoms with Gasteiger partial charge in [-0.3, -0.25) is 9.59 Å². The van der Waals surface area contributed by atoms with E-state index in [4.69, 9.17) is 34.8 Å². The van der Waals surface area contributed by atoms with E-state index in [9.17, 15) is 23.6 Å². The van der Waals surface area contributed by atoms with Gasteiger partial charge in [0.1, 0.15) is 6.61 Å². The second-order valence-electron chi connectivity index (χ2n) is 15.1. The Balaban J connectivity index is 1.64. The van der Waals surface area contributed by atoms with E-state index in [1.165, 1.54) is 95.1 Å². The van der Waals surface area contributed by atoms with Crippen molar-refractivity contribution < 1.29 is 52.0 Å². The van der Waals surface area contributed by atoms with E-state index in [0.717, 1.165) is 38.5 Å². The van der Waals surface area contributed by atoms with Crippen LogP contribution in [-0.2, 0) is 44.6 Å². The van der Waals surface area contributed by atoms with Crippen LogP contribution in [-0.4, -0.2) is 88.4 Å². The molecule has 3 rings (SSSR count). The van der Waals surface area contributed by atoms with Gasteiger partial charge in [-0.05, 0) is 12.8 Å². The molecule has 15 nitrogen and oxygen atoms in total. The lowest BCUT2D eigenvalue weighted by atomic mass is 9.97. The van der Waals surface area contributed by atoms with Crippen molar-refractivity contribution in [2.45, 2.75) is 179 Å². The number of rotatable bonds is 31. The number of hydrogen-bond acceptors (Lipinski definition) is 13. The average Bonchev–Trinajstić information content (AvgIpc) is 3.85. The molecule has 3 heterocycles. The van der Waals surface area contributed by atoms with E-state index in [1.807, 2.05) is 0 Å². The molecule has 3 atom stereocenters. The van der Waals surface area contributed by atoms with Gasteiger partial charge in [0.15, 0.2) is 29.2 Å². The maximum Gasteiger partial charge on any atom is 0.508 e. The molecule has 0 radical (unpaired) electrons. The Kier molecular flexibility index (Phi) is 23.2. The van der Waals surface area contributed by atoms with Gasteiger partial charge in [0.2, 0.25) is 5.60 Å². The Morgan fingerprint density at radius 1 is 0.864 bits per heavy atom. The first-order chi connectivity index (χ1) is 28.7. The third kappa shape index (κ3) is 17.7. The number of terminal acetylenes is 1. The van der Waals surface area contributed by atoms with Gasteiger partial charge in [-0.1, -0.05) is 135 Å². The number of carbonyl (C=O) groups is 4. The lowest BCUT2D eigenvalue weighted by Crippen LogP contribution is -2.51. The molecule has 1 saturated heterocycles. The Morgan fingerprint density at radius 3 is 1.92 bits per heavy atom. The van der Waals surface area contributed by atoms with E-state index >= 15 is 0 Å². The predicted octanol–water partition coefficient (Wildman–Crippen LogP) is 9.14. The zero-order valence-corrected chi connectivity index (χ0v) is 35.4. The number of methoxy groups -OCH3 is 1. The number of carbonyl (C=O) groups excluding carboxylic acids is 4. The largest absolute Gasteiger partial charge is 0.508 e. The number of halogens is 1. The third-order valence-electron chi connectivity index (χ3n) is 10.4. The summed E-state index contributed by atoms with van der Waals surface area (Å²) in [5, 5.41) is 2.45. The molecule has 1 amide bonds. The molecule has 0 bridgehead atoms. The van der Waals surface area contributed by atoms with Crippen molar-refractivity contribution in [1.29, 1.82) is 0 Å². The number of aromatic nitrogens is 4. The smallest absolute Gasteiger partial charge is 0.452 e. The van der Waals surface area contributed by atoms with Crippen LogP contribution in [0.1, 0.15) is 155 Å². The van der Waals surface area contributed by atoms with Gasteiger partial charge in [-0.2, -0.15) is 14.4 Å².